The number of fused-ring (bicyclic) bond motifs is 1. The number of aryl methyl sites for hydroxylation is 1. The SMILES string of the molecule is O=C(O)CNC(=O)C1CCCc2sccc21. The molecule has 1 aromatic rings. The van der Waals surface area contributed by atoms with Crippen molar-refractivity contribution >= 4 is 23.2 Å². The lowest BCUT2D eigenvalue weighted by molar-refractivity contribution is -0.138. The average Bonchev–Trinajstić information content (AvgIpc) is 2.73. The fourth-order valence-electron chi connectivity index (χ4n) is 2.04. The zero-order chi connectivity index (χ0) is 11.5. The highest BCUT2D eigenvalue weighted by molar-refractivity contribution is 7.10. The number of carboxylic acid groups (broad SMARTS) is 1. The van der Waals surface area contributed by atoms with Crippen LogP contribution in [-0.4, -0.2) is 23.5 Å². The van der Waals surface area contributed by atoms with Gasteiger partial charge in [0, 0.05) is 4.88 Å². The fourth-order valence-corrected chi connectivity index (χ4v) is 3.03. The fraction of sp³-hybridized carbons (Fsp3) is 0.455. The second kappa shape index (κ2) is 4.65. The molecule has 0 spiro atoms. The van der Waals surface area contributed by atoms with E-state index in [0.717, 1.165) is 24.8 Å². The summed E-state index contributed by atoms with van der Waals surface area (Å²) in [6.07, 6.45) is 2.85. The number of carboxylic acids is 1. The smallest absolute Gasteiger partial charge is 0.322 e. The van der Waals surface area contributed by atoms with Gasteiger partial charge in [0.1, 0.15) is 6.54 Å². The van der Waals surface area contributed by atoms with Crippen molar-refractivity contribution < 1.29 is 14.7 Å². The van der Waals surface area contributed by atoms with E-state index in [1.54, 1.807) is 11.3 Å². The van der Waals surface area contributed by atoms with Gasteiger partial charge in [0.05, 0.1) is 5.92 Å². The van der Waals surface area contributed by atoms with Crippen LogP contribution in [-0.2, 0) is 16.0 Å². The summed E-state index contributed by atoms with van der Waals surface area (Å²) in [6.45, 7) is -0.297. The van der Waals surface area contributed by atoms with Gasteiger partial charge in [0.25, 0.3) is 0 Å². The number of amides is 1. The molecule has 16 heavy (non-hydrogen) atoms. The summed E-state index contributed by atoms with van der Waals surface area (Å²) >= 11 is 1.67. The van der Waals surface area contributed by atoms with Gasteiger partial charge in [0.15, 0.2) is 0 Å². The Morgan fingerprint density at radius 2 is 2.38 bits per heavy atom. The van der Waals surface area contributed by atoms with Gasteiger partial charge in [-0.15, -0.1) is 11.3 Å². The molecule has 0 bridgehead atoms. The van der Waals surface area contributed by atoms with E-state index in [1.807, 2.05) is 11.4 Å². The van der Waals surface area contributed by atoms with E-state index in [2.05, 4.69) is 5.32 Å². The Balaban J connectivity index is 2.06. The van der Waals surface area contributed by atoms with Crippen molar-refractivity contribution in [3.05, 3.63) is 21.9 Å². The molecule has 1 amide bonds. The normalized spacial score (nSPS) is 18.9. The molecule has 2 rings (SSSR count). The first kappa shape index (κ1) is 11.1. The molecule has 1 aliphatic carbocycles. The number of hydrogen-bond acceptors (Lipinski definition) is 3. The maximum atomic E-state index is 11.8. The molecule has 2 N–H and O–H groups in total. The largest absolute Gasteiger partial charge is 0.480 e. The maximum Gasteiger partial charge on any atom is 0.322 e. The summed E-state index contributed by atoms with van der Waals surface area (Å²) in [5, 5.41) is 12.9. The second-order valence-corrected chi connectivity index (χ2v) is 4.86. The van der Waals surface area contributed by atoms with E-state index >= 15 is 0 Å². The molecule has 86 valence electrons. The summed E-state index contributed by atoms with van der Waals surface area (Å²) in [5.41, 5.74) is 1.08. The van der Waals surface area contributed by atoms with Crippen LogP contribution >= 0.6 is 11.3 Å². The maximum absolute atomic E-state index is 11.8. The van der Waals surface area contributed by atoms with Crippen molar-refractivity contribution in [3.8, 4) is 0 Å². The molecule has 0 radical (unpaired) electrons. The first-order chi connectivity index (χ1) is 7.68. The summed E-state index contributed by atoms with van der Waals surface area (Å²) in [4.78, 5) is 23.4. The van der Waals surface area contributed by atoms with Gasteiger partial charge in [-0.3, -0.25) is 9.59 Å². The molecule has 0 saturated carbocycles. The minimum atomic E-state index is -1.00. The van der Waals surface area contributed by atoms with Gasteiger partial charge in [-0.05, 0) is 36.3 Å². The molecule has 1 aromatic heterocycles. The minimum absolute atomic E-state index is 0.158. The van der Waals surface area contributed by atoms with Crippen molar-refractivity contribution in [3.63, 3.8) is 0 Å². The molecule has 1 atom stereocenters. The standard InChI is InChI=1S/C11H13NO3S/c13-10(14)6-12-11(15)8-2-1-3-9-7(8)4-5-16-9/h4-5,8H,1-3,6H2,(H,12,15)(H,13,14). The Hall–Kier alpha value is -1.36. The molecule has 0 fully saturated rings. The Bertz CT molecular complexity index is 413. The van der Waals surface area contributed by atoms with Crippen molar-refractivity contribution in [2.24, 2.45) is 0 Å². The Morgan fingerprint density at radius 1 is 1.56 bits per heavy atom. The highest BCUT2D eigenvalue weighted by atomic mass is 32.1. The second-order valence-electron chi connectivity index (χ2n) is 3.86. The quantitative estimate of drug-likeness (QED) is 0.837. The van der Waals surface area contributed by atoms with Crippen LogP contribution in [0.5, 0.6) is 0 Å². The third kappa shape index (κ3) is 2.24. The van der Waals surface area contributed by atoms with Crippen LogP contribution in [0, 0.1) is 0 Å². The molecule has 0 aliphatic heterocycles. The van der Waals surface area contributed by atoms with Crippen LogP contribution in [0.25, 0.3) is 0 Å². The van der Waals surface area contributed by atoms with E-state index < -0.39 is 5.97 Å². The lowest BCUT2D eigenvalue weighted by Gasteiger charge is -2.21. The Labute approximate surface area is 97.3 Å². The molecule has 0 saturated heterocycles. The number of carbonyl (C=O) groups excluding carboxylic acids is 1. The predicted octanol–water partition coefficient (Wildman–Crippen LogP) is 1.37. The summed E-state index contributed by atoms with van der Waals surface area (Å²) in [7, 11) is 0. The van der Waals surface area contributed by atoms with Gasteiger partial charge in [-0.2, -0.15) is 0 Å². The van der Waals surface area contributed by atoms with E-state index in [1.165, 1.54) is 4.88 Å². The Morgan fingerprint density at radius 3 is 3.12 bits per heavy atom. The number of hydrogen-bond donors (Lipinski definition) is 2. The van der Waals surface area contributed by atoms with Crippen LogP contribution in [0.1, 0.15) is 29.2 Å². The summed E-state index contributed by atoms with van der Waals surface area (Å²) < 4.78 is 0. The van der Waals surface area contributed by atoms with Crippen LogP contribution in [0.2, 0.25) is 0 Å². The summed E-state index contributed by atoms with van der Waals surface area (Å²) in [6, 6.07) is 1.98. The van der Waals surface area contributed by atoms with Gasteiger partial charge < -0.3 is 10.4 Å². The van der Waals surface area contributed by atoms with Crippen LogP contribution in [0.15, 0.2) is 11.4 Å². The highest BCUT2D eigenvalue weighted by Gasteiger charge is 2.27. The number of carbonyl (C=O) groups is 2. The van der Waals surface area contributed by atoms with Crippen LogP contribution in [0.4, 0.5) is 0 Å². The number of thiophene rings is 1. The molecule has 4 nitrogen and oxygen atoms in total. The number of aliphatic carboxylic acids is 1. The summed E-state index contributed by atoms with van der Waals surface area (Å²) in [5.74, 6) is -1.33. The monoisotopic (exact) mass is 239 g/mol. The molecular weight excluding hydrogens is 226 g/mol. The van der Waals surface area contributed by atoms with Crippen LogP contribution in [0.3, 0.4) is 0 Å². The predicted molar refractivity (Wildman–Crippen MR) is 60.6 cm³/mol. The highest BCUT2D eigenvalue weighted by Crippen LogP contribution is 2.34. The van der Waals surface area contributed by atoms with Crippen molar-refractivity contribution in [1.29, 1.82) is 0 Å². The third-order valence-corrected chi connectivity index (χ3v) is 3.78. The minimum Gasteiger partial charge on any atom is -0.480 e. The molecule has 1 unspecified atom stereocenters. The first-order valence-electron chi connectivity index (χ1n) is 5.24. The van der Waals surface area contributed by atoms with Gasteiger partial charge in [0.2, 0.25) is 5.91 Å². The average molecular weight is 239 g/mol. The van der Waals surface area contributed by atoms with Gasteiger partial charge in [-0.1, -0.05) is 0 Å². The lowest BCUT2D eigenvalue weighted by Crippen LogP contribution is -2.34. The number of rotatable bonds is 3. The van der Waals surface area contributed by atoms with E-state index in [0.29, 0.717) is 0 Å². The lowest BCUT2D eigenvalue weighted by atomic mass is 9.87. The molecule has 0 aromatic carbocycles. The van der Waals surface area contributed by atoms with E-state index in [4.69, 9.17) is 5.11 Å². The van der Waals surface area contributed by atoms with Gasteiger partial charge in [-0.25, -0.2) is 0 Å². The zero-order valence-corrected chi connectivity index (χ0v) is 9.55. The molecule has 5 heteroatoms. The van der Waals surface area contributed by atoms with Crippen LogP contribution < -0.4 is 5.32 Å². The first-order valence-corrected chi connectivity index (χ1v) is 6.12. The van der Waals surface area contributed by atoms with Gasteiger partial charge >= 0.3 is 5.97 Å². The Kier molecular flexibility index (Phi) is 3.24. The third-order valence-electron chi connectivity index (χ3n) is 2.78. The molecule has 1 aliphatic rings. The molecular formula is C11H13NO3S. The molecule has 1 heterocycles. The van der Waals surface area contributed by atoms with Crippen molar-refractivity contribution in [2.75, 3.05) is 6.54 Å². The van der Waals surface area contributed by atoms with E-state index in [-0.39, 0.29) is 18.4 Å². The topological polar surface area (TPSA) is 66.4 Å². The van der Waals surface area contributed by atoms with Crippen molar-refractivity contribution in [2.45, 2.75) is 25.2 Å². The van der Waals surface area contributed by atoms with E-state index in [9.17, 15) is 9.59 Å². The zero-order valence-electron chi connectivity index (χ0n) is 8.73. The number of nitrogens with one attached hydrogen (secondary N) is 1. The van der Waals surface area contributed by atoms with Crippen molar-refractivity contribution in [1.82, 2.24) is 5.32 Å².